The number of benzene rings is 8. The van der Waals surface area contributed by atoms with Crippen LogP contribution in [0.3, 0.4) is 0 Å². The van der Waals surface area contributed by atoms with Gasteiger partial charge in [-0.15, -0.1) is 0 Å². The van der Waals surface area contributed by atoms with Crippen molar-refractivity contribution in [2.45, 2.75) is 19.8 Å². The number of anilines is 3. The minimum atomic E-state index is 0.349. The number of fused-ring (bicyclic) bond motifs is 8. The van der Waals surface area contributed by atoms with Gasteiger partial charge in [-0.1, -0.05) is 129 Å². The Kier molecular flexibility index (Phi) is 7.00. The van der Waals surface area contributed by atoms with Crippen LogP contribution >= 0.6 is 0 Å². The first kappa shape index (κ1) is 30.3. The molecule has 0 unspecified atom stereocenters. The van der Waals surface area contributed by atoms with Crippen molar-refractivity contribution < 1.29 is 4.42 Å². The van der Waals surface area contributed by atoms with Crippen LogP contribution in [0, 0.1) is 0 Å². The van der Waals surface area contributed by atoms with E-state index < -0.39 is 0 Å². The molecule has 8 aromatic carbocycles. The van der Waals surface area contributed by atoms with Crippen LogP contribution in [0.5, 0.6) is 0 Å². The molecule has 0 amide bonds. The van der Waals surface area contributed by atoms with Crippen molar-refractivity contribution in [3.8, 4) is 16.8 Å². The van der Waals surface area contributed by atoms with E-state index in [1.807, 2.05) is 0 Å². The molecule has 10 rings (SSSR count). The summed E-state index contributed by atoms with van der Waals surface area (Å²) in [6.45, 7) is 4.52. The molecule has 0 spiro atoms. The fraction of sp³-hybridized carbons (Fsp3) is 0.0612. The zero-order valence-electron chi connectivity index (χ0n) is 29.1. The summed E-state index contributed by atoms with van der Waals surface area (Å²) in [6, 6.07) is 63.4. The largest absolute Gasteiger partial charge is 0.455 e. The minimum Gasteiger partial charge on any atom is -0.455 e. The highest BCUT2D eigenvalue weighted by Crippen LogP contribution is 2.47. The molecular weight excluding hydrogens is 633 g/mol. The fourth-order valence-corrected chi connectivity index (χ4v) is 8.16. The molecule has 3 nitrogen and oxygen atoms in total. The summed E-state index contributed by atoms with van der Waals surface area (Å²) in [7, 11) is 0. The summed E-state index contributed by atoms with van der Waals surface area (Å²) in [5, 5.41) is 7.01. The van der Waals surface area contributed by atoms with E-state index in [0.717, 1.165) is 50.1 Å². The SMILES string of the molecule is CC(C)c1cccc2oc3c4ccccc4c(N(c4cccc(-c5ccccc5)c4)c4ccc5c(c4)c4ccccc4n5-c4ccccc4)cc3c12. The molecule has 0 atom stereocenters. The highest BCUT2D eigenvalue weighted by atomic mass is 16.3. The summed E-state index contributed by atoms with van der Waals surface area (Å²) >= 11 is 0. The van der Waals surface area contributed by atoms with Gasteiger partial charge >= 0.3 is 0 Å². The number of para-hydroxylation sites is 2. The van der Waals surface area contributed by atoms with Gasteiger partial charge in [0.15, 0.2) is 0 Å². The number of rotatable bonds is 6. The van der Waals surface area contributed by atoms with Crippen LogP contribution in [0.1, 0.15) is 25.3 Å². The summed E-state index contributed by atoms with van der Waals surface area (Å²) in [4.78, 5) is 2.44. The van der Waals surface area contributed by atoms with Gasteiger partial charge in [0.1, 0.15) is 11.2 Å². The van der Waals surface area contributed by atoms with Crippen molar-refractivity contribution in [2.75, 3.05) is 4.90 Å². The van der Waals surface area contributed by atoms with Gasteiger partial charge in [0.25, 0.3) is 0 Å². The molecule has 248 valence electrons. The van der Waals surface area contributed by atoms with E-state index in [-0.39, 0.29) is 0 Å². The lowest BCUT2D eigenvalue weighted by atomic mass is 9.95. The number of nitrogens with zero attached hydrogens (tertiary/aromatic N) is 2. The van der Waals surface area contributed by atoms with E-state index in [1.54, 1.807) is 0 Å². The van der Waals surface area contributed by atoms with E-state index in [2.05, 4.69) is 199 Å². The molecule has 10 aromatic rings. The molecule has 0 N–H and O–H groups in total. The van der Waals surface area contributed by atoms with Crippen molar-refractivity contribution in [3.63, 3.8) is 0 Å². The molecule has 3 heteroatoms. The molecule has 2 aromatic heterocycles. The van der Waals surface area contributed by atoms with Gasteiger partial charge in [0.2, 0.25) is 0 Å². The monoisotopic (exact) mass is 668 g/mol. The van der Waals surface area contributed by atoms with E-state index >= 15 is 0 Å². The highest BCUT2D eigenvalue weighted by Gasteiger charge is 2.23. The maximum Gasteiger partial charge on any atom is 0.143 e. The second kappa shape index (κ2) is 12.0. The predicted octanol–water partition coefficient (Wildman–Crippen LogP) is 14.1. The van der Waals surface area contributed by atoms with E-state index in [0.29, 0.717) is 5.92 Å². The van der Waals surface area contributed by atoms with Gasteiger partial charge in [0, 0.05) is 49.4 Å². The molecule has 0 aliphatic heterocycles. The second-order valence-electron chi connectivity index (χ2n) is 13.9. The lowest BCUT2D eigenvalue weighted by Gasteiger charge is -2.28. The van der Waals surface area contributed by atoms with Gasteiger partial charge in [-0.2, -0.15) is 0 Å². The normalized spacial score (nSPS) is 11.8. The summed E-state index contributed by atoms with van der Waals surface area (Å²) in [5.74, 6) is 0.349. The first-order valence-electron chi connectivity index (χ1n) is 18.1. The standard InChI is InChI=1S/C49H36N2O/c1-32(2)38-24-14-26-47-48(38)43-31-46(39-21-9-10-23-41(39)49(43)52-47)50(36-20-13-17-34(29-36)33-15-5-3-6-16-33)37-27-28-45-42(30-37)40-22-11-12-25-44(40)51(45)35-18-7-4-8-19-35/h3-32H,1-2H3. The smallest absolute Gasteiger partial charge is 0.143 e. The van der Waals surface area contributed by atoms with Gasteiger partial charge in [-0.05, 0) is 83.3 Å². The molecule has 0 saturated carbocycles. The predicted molar refractivity (Wildman–Crippen MR) is 220 cm³/mol. The number of aromatic nitrogens is 1. The molecule has 0 fully saturated rings. The molecular formula is C49H36N2O. The Balaban J connectivity index is 1.30. The first-order valence-corrected chi connectivity index (χ1v) is 18.1. The van der Waals surface area contributed by atoms with E-state index in [1.165, 1.54) is 43.9 Å². The van der Waals surface area contributed by atoms with Crippen molar-refractivity contribution in [2.24, 2.45) is 0 Å². The average Bonchev–Trinajstić information content (AvgIpc) is 3.75. The Hall–Kier alpha value is -6.58. The van der Waals surface area contributed by atoms with Gasteiger partial charge in [-0.3, -0.25) is 0 Å². The molecule has 0 bridgehead atoms. The Labute approximate surface area is 302 Å². The topological polar surface area (TPSA) is 21.3 Å². The number of hydrogen-bond acceptors (Lipinski definition) is 2. The second-order valence-corrected chi connectivity index (χ2v) is 13.9. The van der Waals surface area contributed by atoms with Gasteiger partial charge in [0.05, 0.1) is 16.7 Å². The molecule has 0 aliphatic carbocycles. The Morgan fingerprint density at radius 1 is 0.481 bits per heavy atom. The molecule has 0 saturated heterocycles. The van der Waals surface area contributed by atoms with Crippen LogP contribution in [-0.2, 0) is 0 Å². The number of hydrogen-bond donors (Lipinski definition) is 0. The zero-order valence-corrected chi connectivity index (χ0v) is 29.1. The van der Waals surface area contributed by atoms with Crippen LogP contribution < -0.4 is 4.90 Å². The minimum absolute atomic E-state index is 0.349. The van der Waals surface area contributed by atoms with Crippen molar-refractivity contribution in [1.82, 2.24) is 4.57 Å². The first-order chi connectivity index (χ1) is 25.6. The van der Waals surface area contributed by atoms with Crippen LogP contribution in [-0.4, -0.2) is 4.57 Å². The zero-order chi connectivity index (χ0) is 34.8. The van der Waals surface area contributed by atoms with Crippen molar-refractivity contribution in [3.05, 3.63) is 181 Å². The summed E-state index contributed by atoms with van der Waals surface area (Å²) in [5.41, 5.74) is 12.3. The summed E-state index contributed by atoms with van der Waals surface area (Å²) in [6.07, 6.45) is 0. The van der Waals surface area contributed by atoms with Crippen LogP contribution in [0.4, 0.5) is 17.1 Å². The van der Waals surface area contributed by atoms with E-state index in [9.17, 15) is 0 Å². The van der Waals surface area contributed by atoms with Crippen LogP contribution in [0.15, 0.2) is 180 Å². The lowest BCUT2D eigenvalue weighted by molar-refractivity contribution is 0.672. The van der Waals surface area contributed by atoms with Gasteiger partial charge in [-0.25, -0.2) is 0 Å². The van der Waals surface area contributed by atoms with Crippen LogP contribution in [0.2, 0.25) is 0 Å². The maximum atomic E-state index is 6.71. The fourth-order valence-electron chi connectivity index (χ4n) is 8.16. The Morgan fingerprint density at radius 3 is 1.94 bits per heavy atom. The third-order valence-corrected chi connectivity index (χ3v) is 10.5. The van der Waals surface area contributed by atoms with Crippen molar-refractivity contribution >= 4 is 71.6 Å². The van der Waals surface area contributed by atoms with Crippen molar-refractivity contribution in [1.29, 1.82) is 0 Å². The average molecular weight is 669 g/mol. The molecule has 2 heterocycles. The third-order valence-electron chi connectivity index (χ3n) is 10.5. The molecule has 0 radical (unpaired) electrons. The molecule has 52 heavy (non-hydrogen) atoms. The van der Waals surface area contributed by atoms with E-state index in [4.69, 9.17) is 4.42 Å². The Morgan fingerprint density at radius 2 is 1.13 bits per heavy atom. The molecule has 0 aliphatic rings. The quantitative estimate of drug-likeness (QED) is 0.176. The van der Waals surface area contributed by atoms with Crippen LogP contribution in [0.25, 0.3) is 71.3 Å². The lowest BCUT2D eigenvalue weighted by Crippen LogP contribution is -2.11. The number of furan rings is 1. The van der Waals surface area contributed by atoms with Gasteiger partial charge < -0.3 is 13.9 Å². The third kappa shape index (κ3) is 4.74. The Bertz CT molecular complexity index is 2930. The maximum absolute atomic E-state index is 6.71. The summed E-state index contributed by atoms with van der Waals surface area (Å²) < 4.78 is 9.09. The highest BCUT2D eigenvalue weighted by molar-refractivity contribution is 6.21.